The standard InChI is InChI=1S/C30H44O3S.C3H8.4C2H6/c1-21-8-13-26-22(20-21)9-14-28-27(26)16-18-30(2)23(11-15-29(28)30)10-12-25(17-19-31)34(32,33)24-6-4-3-5-7-24;1-3-2;4*1-2/h3-7,9,21,23,25-29,31H,8,10-20H2,1-2H3;3H2,1-2H3;4*1-2H3. The molecule has 3 saturated carbocycles. The highest BCUT2D eigenvalue weighted by atomic mass is 32.2. The quantitative estimate of drug-likeness (QED) is 0.299. The third-order valence-electron chi connectivity index (χ3n) is 10.7. The summed E-state index contributed by atoms with van der Waals surface area (Å²) in [5.74, 6) is 4.86. The molecule has 5 rings (SSSR count). The Morgan fingerprint density at radius 1 is 0.844 bits per heavy atom. The second-order valence-electron chi connectivity index (χ2n) is 13.0. The van der Waals surface area contributed by atoms with Gasteiger partial charge in [0.1, 0.15) is 0 Å². The number of aliphatic hydroxyl groups is 1. The van der Waals surface area contributed by atoms with Crippen LogP contribution in [-0.2, 0) is 9.84 Å². The number of aliphatic hydroxyl groups excluding tert-OH is 1. The number of fused-ring (bicyclic) bond motifs is 5. The van der Waals surface area contributed by atoms with Crippen LogP contribution in [0.25, 0.3) is 0 Å². The molecule has 4 heteroatoms. The van der Waals surface area contributed by atoms with E-state index in [4.69, 9.17) is 0 Å². The highest BCUT2D eigenvalue weighted by Crippen LogP contribution is 2.64. The largest absolute Gasteiger partial charge is 0.396 e. The molecule has 0 saturated heterocycles. The van der Waals surface area contributed by atoms with Crippen LogP contribution in [0.2, 0.25) is 0 Å². The van der Waals surface area contributed by atoms with Gasteiger partial charge >= 0.3 is 0 Å². The molecule has 8 atom stereocenters. The molecule has 0 bridgehead atoms. The first kappa shape index (κ1) is 43.9. The number of rotatable bonds is 7. The highest BCUT2D eigenvalue weighted by molar-refractivity contribution is 7.92. The summed E-state index contributed by atoms with van der Waals surface area (Å²) < 4.78 is 26.6. The molecule has 0 amide bonds. The van der Waals surface area contributed by atoms with Gasteiger partial charge in [-0.2, -0.15) is 0 Å². The third-order valence-corrected chi connectivity index (χ3v) is 13.0. The van der Waals surface area contributed by atoms with Crippen molar-refractivity contribution in [1.82, 2.24) is 0 Å². The molecule has 45 heavy (non-hydrogen) atoms. The summed E-state index contributed by atoms with van der Waals surface area (Å²) >= 11 is 0. The van der Waals surface area contributed by atoms with E-state index in [1.807, 2.05) is 61.5 Å². The Balaban J connectivity index is 0.00000158. The third kappa shape index (κ3) is 11.2. The van der Waals surface area contributed by atoms with Crippen molar-refractivity contribution in [2.75, 3.05) is 6.61 Å². The van der Waals surface area contributed by atoms with E-state index in [1.54, 1.807) is 29.8 Å². The van der Waals surface area contributed by atoms with Crippen LogP contribution in [0.5, 0.6) is 0 Å². The van der Waals surface area contributed by atoms with Crippen molar-refractivity contribution in [1.29, 1.82) is 0 Å². The fourth-order valence-electron chi connectivity index (χ4n) is 8.84. The Kier molecular flexibility index (Phi) is 22.7. The molecule has 1 aromatic rings. The Bertz CT molecular complexity index is 1000. The van der Waals surface area contributed by atoms with Gasteiger partial charge in [-0.05, 0) is 124 Å². The maximum absolute atomic E-state index is 13.3. The summed E-state index contributed by atoms with van der Waals surface area (Å²) in [7, 11) is -3.41. The number of benzene rings is 1. The minimum absolute atomic E-state index is 0.0697. The van der Waals surface area contributed by atoms with Gasteiger partial charge in [0.25, 0.3) is 0 Å². The van der Waals surface area contributed by atoms with Crippen molar-refractivity contribution in [3.63, 3.8) is 0 Å². The lowest BCUT2D eigenvalue weighted by molar-refractivity contribution is -0.0157. The molecule has 0 aromatic heterocycles. The van der Waals surface area contributed by atoms with E-state index in [1.165, 1.54) is 57.8 Å². The molecular weight excluding hydrogens is 573 g/mol. The fraction of sp³-hybridized carbons (Fsp3) is 0.805. The fourth-order valence-corrected chi connectivity index (χ4v) is 10.6. The maximum atomic E-state index is 13.3. The minimum atomic E-state index is -3.41. The van der Waals surface area contributed by atoms with E-state index < -0.39 is 15.1 Å². The summed E-state index contributed by atoms with van der Waals surface area (Å²) in [4.78, 5) is 0.399. The first-order valence-electron chi connectivity index (χ1n) is 19.3. The molecule has 264 valence electrons. The molecule has 0 heterocycles. The monoisotopic (exact) mass is 649 g/mol. The van der Waals surface area contributed by atoms with Gasteiger partial charge in [0.2, 0.25) is 0 Å². The van der Waals surface area contributed by atoms with E-state index in [2.05, 4.69) is 33.8 Å². The average Bonchev–Trinajstić information content (AvgIpc) is 3.43. The van der Waals surface area contributed by atoms with Gasteiger partial charge in [-0.3, -0.25) is 0 Å². The molecule has 8 unspecified atom stereocenters. The lowest BCUT2D eigenvalue weighted by Crippen LogP contribution is -2.46. The van der Waals surface area contributed by atoms with Crippen LogP contribution in [0.3, 0.4) is 0 Å². The predicted octanol–water partition coefficient (Wildman–Crippen LogP) is 12.3. The smallest absolute Gasteiger partial charge is 0.181 e. The number of sulfone groups is 1. The topological polar surface area (TPSA) is 54.4 Å². The lowest BCUT2D eigenvalue weighted by atomic mass is 9.51. The molecule has 4 aliphatic rings. The summed E-state index contributed by atoms with van der Waals surface area (Å²) in [6, 6.07) is 8.84. The second kappa shape index (κ2) is 23.2. The second-order valence-corrected chi connectivity index (χ2v) is 15.3. The van der Waals surface area contributed by atoms with E-state index in [0.29, 0.717) is 29.1 Å². The van der Waals surface area contributed by atoms with Crippen LogP contribution in [0.15, 0.2) is 46.9 Å². The molecular formula is C41H76O3S. The van der Waals surface area contributed by atoms with Gasteiger partial charge in [0.15, 0.2) is 9.84 Å². The van der Waals surface area contributed by atoms with Crippen molar-refractivity contribution in [2.45, 2.75) is 170 Å². The van der Waals surface area contributed by atoms with Gasteiger partial charge in [0, 0.05) is 6.61 Å². The van der Waals surface area contributed by atoms with Crippen LogP contribution in [0.1, 0.15) is 160 Å². The first-order chi connectivity index (χ1) is 21.8. The number of allylic oxidation sites excluding steroid dienone is 2. The van der Waals surface area contributed by atoms with Crippen molar-refractivity contribution in [3.05, 3.63) is 42.0 Å². The van der Waals surface area contributed by atoms with Crippen LogP contribution >= 0.6 is 0 Å². The van der Waals surface area contributed by atoms with Gasteiger partial charge < -0.3 is 5.11 Å². The lowest BCUT2D eigenvalue weighted by Gasteiger charge is -2.54. The maximum Gasteiger partial charge on any atom is 0.181 e. The number of hydrogen-bond donors (Lipinski definition) is 1. The summed E-state index contributed by atoms with van der Waals surface area (Å²) in [6.07, 6.45) is 16.6. The SMILES string of the molecule is CC.CC.CC.CC.CC1CCC2C(=CCC3C2CCC2(C)C(CCC(CCO)S(=O)(=O)c4ccccc4)CCC32)C1.CCC. The highest BCUT2D eigenvalue weighted by Gasteiger charge is 2.55. The van der Waals surface area contributed by atoms with E-state index >= 15 is 0 Å². The molecule has 3 nitrogen and oxygen atoms in total. The first-order valence-corrected chi connectivity index (χ1v) is 20.9. The number of hydrogen-bond acceptors (Lipinski definition) is 3. The molecule has 4 aliphatic carbocycles. The molecule has 3 fully saturated rings. The zero-order chi connectivity index (χ0) is 34.6. The summed E-state index contributed by atoms with van der Waals surface area (Å²) in [5, 5.41) is 9.16. The molecule has 0 aliphatic heterocycles. The van der Waals surface area contributed by atoms with E-state index in [0.717, 1.165) is 36.0 Å². The average molecular weight is 649 g/mol. The zero-order valence-electron chi connectivity index (χ0n) is 31.9. The van der Waals surface area contributed by atoms with E-state index in [9.17, 15) is 13.5 Å². The van der Waals surface area contributed by atoms with Crippen molar-refractivity contribution in [2.24, 2.45) is 40.9 Å². The molecule has 0 radical (unpaired) electrons. The van der Waals surface area contributed by atoms with Gasteiger partial charge in [0.05, 0.1) is 10.1 Å². The Labute approximate surface area is 282 Å². The van der Waals surface area contributed by atoms with Crippen molar-refractivity contribution >= 4 is 9.84 Å². The van der Waals surface area contributed by atoms with Crippen LogP contribution < -0.4 is 0 Å². The van der Waals surface area contributed by atoms with Crippen LogP contribution in [0, 0.1) is 40.9 Å². The Morgan fingerprint density at radius 3 is 2.02 bits per heavy atom. The molecule has 0 spiro atoms. The normalized spacial score (nSPS) is 29.9. The molecule has 1 N–H and O–H groups in total. The van der Waals surface area contributed by atoms with Crippen LogP contribution in [0.4, 0.5) is 0 Å². The minimum Gasteiger partial charge on any atom is -0.396 e. The van der Waals surface area contributed by atoms with E-state index in [-0.39, 0.29) is 6.61 Å². The van der Waals surface area contributed by atoms with Crippen molar-refractivity contribution in [3.8, 4) is 0 Å². The Hall–Kier alpha value is -1.13. The zero-order valence-corrected chi connectivity index (χ0v) is 32.7. The van der Waals surface area contributed by atoms with Gasteiger partial charge in [-0.15, -0.1) is 0 Å². The molecule has 1 aromatic carbocycles. The van der Waals surface area contributed by atoms with Gasteiger partial charge in [-0.25, -0.2) is 8.42 Å². The van der Waals surface area contributed by atoms with Crippen LogP contribution in [-0.4, -0.2) is 25.4 Å². The van der Waals surface area contributed by atoms with Gasteiger partial charge in [-0.1, -0.05) is 119 Å². The summed E-state index contributed by atoms with van der Waals surface area (Å²) in [5.41, 5.74) is 2.14. The predicted molar refractivity (Wildman–Crippen MR) is 199 cm³/mol. The Morgan fingerprint density at radius 2 is 1.44 bits per heavy atom. The summed E-state index contributed by atoms with van der Waals surface area (Å²) in [6.45, 7) is 25.1. The van der Waals surface area contributed by atoms with Crippen molar-refractivity contribution < 1.29 is 13.5 Å².